The standard InChI is InChI=1S/C15H21N3O3/c19-15(16-11-10-12-4-2-1-3-5-12)17-13-6-8-14(9-7-13)18(20)21/h6-9,12H,1-5,10-11H2,(H2,16,17,19). The molecule has 2 N–H and O–H groups in total. The van der Waals surface area contributed by atoms with Gasteiger partial charge in [0, 0.05) is 24.4 Å². The Morgan fingerprint density at radius 2 is 1.86 bits per heavy atom. The number of hydrogen-bond acceptors (Lipinski definition) is 3. The van der Waals surface area contributed by atoms with E-state index in [9.17, 15) is 14.9 Å². The number of rotatable bonds is 5. The number of non-ortho nitro benzene ring substituents is 1. The van der Waals surface area contributed by atoms with Crippen LogP contribution in [0.1, 0.15) is 38.5 Å². The van der Waals surface area contributed by atoms with Crippen LogP contribution in [-0.4, -0.2) is 17.5 Å². The van der Waals surface area contributed by atoms with E-state index in [1.165, 1.54) is 56.4 Å². The van der Waals surface area contributed by atoms with E-state index >= 15 is 0 Å². The van der Waals surface area contributed by atoms with Gasteiger partial charge in [0.2, 0.25) is 0 Å². The van der Waals surface area contributed by atoms with E-state index < -0.39 is 4.92 Å². The molecule has 1 fully saturated rings. The topological polar surface area (TPSA) is 84.3 Å². The molecule has 0 atom stereocenters. The van der Waals surface area contributed by atoms with Crippen LogP contribution in [0, 0.1) is 16.0 Å². The van der Waals surface area contributed by atoms with Crippen LogP contribution in [0.4, 0.5) is 16.2 Å². The fourth-order valence-electron chi connectivity index (χ4n) is 2.71. The van der Waals surface area contributed by atoms with Crippen molar-refractivity contribution in [3.63, 3.8) is 0 Å². The summed E-state index contributed by atoms with van der Waals surface area (Å²) >= 11 is 0. The molecule has 1 aromatic carbocycles. The molecule has 1 aliphatic carbocycles. The van der Waals surface area contributed by atoms with Crippen molar-refractivity contribution in [1.29, 1.82) is 0 Å². The van der Waals surface area contributed by atoms with Crippen LogP contribution in [-0.2, 0) is 0 Å². The van der Waals surface area contributed by atoms with Crippen LogP contribution in [0.5, 0.6) is 0 Å². The van der Waals surface area contributed by atoms with Crippen LogP contribution in [0.3, 0.4) is 0 Å². The van der Waals surface area contributed by atoms with Crippen molar-refractivity contribution in [2.45, 2.75) is 38.5 Å². The molecule has 1 saturated carbocycles. The molecule has 0 heterocycles. The number of nitrogens with zero attached hydrogens (tertiary/aromatic N) is 1. The molecule has 0 aromatic heterocycles. The van der Waals surface area contributed by atoms with E-state index in [-0.39, 0.29) is 11.7 Å². The van der Waals surface area contributed by atoms with Crippen molar-refractivity contribution >= 4 is 17.4 Å². The second kappa shape index (κ2) is 7.61. The average molecular weight is 291 g/mol. The van der Waals surface area contributed by atoms with Gasteiger partial charge in [-0.05, 0) is 24.5 Å². The molecule has 0 aliphatic heterocycles. The quantitative estimate of drug-likeness (QED) is 0.641. The van der Waals surface area contributed by atoms with Crippen molar-refractivity contribution in [2.75, 3.05) is 11.9 Å². The lowest BCUT2D eigenvalue weighted by Gasteiger charge is -2.21. The van der Waals surface area contributed by atoms with Gasteiger partial charge in [-0.1, -0.05) is 32.1 Å². The Morgan fingerprint density at radius 3 is 2.48 bits per heavy atom. The third kappa shape index (κ3) is 5.06. The number of nitro benzene ring substituents is 1. The fourth-order valence-corrected chi connectivity index (χ4v) is 2.71. The summed E-state index contributed by atoms with van der Waals surface area (Å²) in [6, 6.07) is 5.53. The first-order valence-electron chi connectivity index (χ1n) is 7.44. The van der Waals surface area contributed by atoms with Crippen LogP contribution >= 0.6 is 0 Å². The predicted octanol–water partition coefficient (Wildman–Crippen LogP) is 3.69. The second-order valence-corrected chi connectivity index (χ2v) is 5.48. The van der Waals surface area contributed by atoms with Crippen molar-refractivity contribution in [2.24, 2.45) is 5.92 Å². The van der Waals surface area contributed by atoms with Gasteiger partial charge in [-0.25, -0.2) is 4.79 Å². The minimum absolute atomic E-state index is 0.0123. The summed E-state index contributed by atoms with van der Waals surface area (Å²) in [5.74, 6) is 0.735. The largest absolute Gasteiger partial charge is 0.338 e. The summed E-state index contributed by atoms with van der Waals surface area (Å²) in [5, 5.41) is 16.0. The molecule has 1 aromatic rings. The third-order valence-corrected chi connectivity index (χ3v) is 3.90. The first-order chi connectivity index (χ1) is 10.1. The van der Waals surface area contributed by atoms with Crippen LogP contribution in [0.25, 0.3) is 0 Å². The van der Waals surface area contributed by atoms with Crippen LogP contribution < -0.4 is 10.6 Å². The maximum absolute atomic E-state index is 11.7. The van der Waals surface area contributed by atoms with Gasteiger partial charge in [0.25, 0.3) is 5.69 Å². The molecule has 2 amide bonds. The molecular weight excluding hydrogens is 270 g/mol. The molecule has 0 unspecified atom stereocenters. The highest BCUT2D eigenvalue weighted by Gasteiger charge is 2.13. The Bertz CT molecular complexity index is 481. The first-order valence-corrected chi connectivity index (χ1v) is 7.44. The molecule has 6 heteroatoms. The highest BCUT2D eigenvalue weighted by Crippen LogP contribution is 2.25. The SMILES string of the molecule is O=C(NCCC1CCCCC1)Nc1ccc([N+](=O)[O-])cc1. The van der Waals surface area contributed by atoms with Gasteiger partial charge in [0.15, 0.2) is 0 Å². The molecule has 0 bridgehead atoms. The number of carbonyl (C=O) groups is 1. The third-order valence-electron chi connectivity index (χ3n) is 3.90. The van der Waals surface area contributed by atoms with Crippen molar-refractivity contribution in [1.82, 2.24) is 5.32 Å². The Morgan fingerprint density at radius 1 is 1.19 bits per heavy atom. The number of carbonyl (C=O) groups excluding carboxylic acids is 1. The van der Waals surface area contributed by atoms with E-state index in [1.54, 1.807) is 0 Å². The van der Waals surface area contributed by atoms with Crippen LogP contribution in [0.2, 0.25) is 0 Å². The number of nitro groups is 1. The summed E-state index contributed by atoms with van der Waals surface area (Å²) in [5.41, 5.74) is 0.564. The number of benzene rings is 1. The number of nitrogens with one attached hydrogen (secondary N) is 2. The first kappa shape index (κ1) is 15.3. The van der Waals surface area contributed by atoms with Gasteiger partial charge >= 0.3 is 6.03 Å². The number of anilines is 1. The van der Waals surface area contributed by atoms with Gasteiger partial charge in [0.05, 0.1) is 4.92 Å². The Hall–Kier alpha value is -2.11. The van der Waals surface area contributed by atoms with Gasteiger partial charge in [-0.2, -0.15) is 0 Å². The number of urea groups is 1. The maximum atomic E-state index is 11.7. The second-order valence-electron chi connectivity index (χ2n) is 5.48. The summed E-state index contributed by atoms with van der Waals surface area (Å²) in [4.78, 5) is 21.8. The summed E-state index contributed by atoms with van der Waals surface area (Å²) in [6.07, 6.45) is 7.51. The molecule has 6 nitrogen and oxygen atoms in total. The van der Waals surface area contributed by atoms with Gasteiger partial charge in [-0.15, -0.1) is 0 Å². The highest BCUT2D eigenvalue weighted by atomic mass is 16.6. The van der Waals surface area contributed by atoms with E-state index in [2.05, 4.69) is 10.6 Å². The lowest BCUT2D eigenvalue weighted by molar-refractivity contribution is -0.384. The van der Waals surface area contributed by atoms with Gasteiger partial charge in [0.1, 0.15) is 0 Å². The minimum atomic E-state index is -0.464. The lowest BCUT2D eigenvalue weighted by atomic mass is 9.87. The van der Waals surface area contributed by atoms with Crippen LogP contribution in [0.15, 0.2) is 24.3 Å². The minimum Gasteiger partial charge on any atom is -0.338 e. The summed E-state index contributed by atoms with van der Waals surface area (Å²) in [6.45, 7) is 0.670. The molecule has 0 spiro atoms. The zero-order valence-corrected chi connectivity index (χ0v) is 12.0. The number of amides is 2. The van der Waals surface area contributed by atoms with Crippen molar-refractivity contribution in [3.05, 3.63) is 34.4 Å². The highest BCUT2D eigenvalue weighted by molar-refractivity contribution is 5.89. The van der Waals surface area contributed by atoms with E-state index in [0.29, 0.717) is 12.2 Å². The Kier molecular flexibility index (Phi) is 5.54. The van der Waals surface area contributed by atoms with Gasteiger partial charge in [-0.3, -0.25) is 10.1 Å². The monoisotopic (exact) mass is 291 g/mol. The normalized spacial score (nSPS) is 15.4. The van der Waals surface area contributed by atoms with E-state index in [4.69, 9.17) is 0 Å². The lowest BCUT2D eigenvalue weighted by Crippen LogP contribution is -2.30. The fraction of sp³-hybridized carbons (Fsp3) is 0.533. The smallest absolute Gasteiger partial charge is 0.319 e. The Labute approximate surface area is 124 Å². The van der Waals surface area contributed by atoms with Crippen molar-refractivity contribution in [3.8, 4) is 0 Å². The number of hydrogen-bond donors (Lipinski definition) is 2. The zero-order valence-electron chi connectivity index (χ0n) is 12.0. The molecule has 0 saturated heterocycles. The van der Waals surface area contributed by atoms with E-state index in [0.717, 1.165) is 12.3 Å². The molecule has 21 heavy (non-hydrogen) atoms. The van der Waals surface area contributed by atoms with Crippen molar-refractivity contribution < 1.29 is 9.72 Å². The molecule has 0 radical (unpaired) electrons. The maximum Gasteiger partial charge on any atom is 0.319 e. The summed E-state index contributed by atoms with van der Waals surface area (Å²) < 4.78 is 0. The molecular formula is C15H21N3O3. The molecule has 1 aliphatic rings. The molecule has 2 rings (SSSR count). The van der Waals surface area contributed by atoms with Gasteiger partial charge < -0.3 is 10.6 Å². The predicted molar refractivity (Wildman–Crippen MR) is 81.3 cm³/mol. The average Bonchev–Trinajstić information content (AvgIpc) is 2.49. The summed E-state index contributed by atoms with van der Waals surface area (Å²) in [7, 11) is 0. The van der Waals surface area contributed by atoms with E-state index in [1.807, 2.05) is 0 Å². The molecule has 114 valence electrons. The zero-order chi connectivity index (χ0) is 15.1. The Balaban J connectivity index is 1.70.